The van der Waals surface area contributed by atoms with Gasteiger partial charge in [0.15, 0.2) is 0 Å². The summed E-state index contributed by atoms with van der Waals surface area (Å²) in [6, 6.07) is 16.4. The highest BCUT2D eigenvalue weighted by Gasteiger charge is 2.42. The topological polar surface area (TPSA) is 91.0 Å². The van der Waals surface area contributed by atoms with Gasteiger partial charge >= 0.3 is 12.1 Å². The summed E-state index contributed by atoms with van der Waals surface area (Å²) in [6.45, 7) is 2.01. The summed E-state index contributed by atoms with van der Waals surface area (Å²) in [6.07, 6.45) is 3.87. The summed E-state index contributed by atoms with van der Waals surface area (Å²) in [7, 11) is 0. The molecule has 2 heterocycles. The Morgan fingerprint density at radius 3 is 2.40 bits per heavy atom. The van der Waals surface area contributed by atoms with E-state index in [1.807, 2.05) is 54.6 Å². The van der Waals surface area contributed by atoms with Crippen LogP contribution in [0.5, 0.6) is 0 Å². The van der Waals surface area contributed by atoms with E-state index in [0.29, 0.717) is 30.6 Å². The van der Waals surface area contributed by atoms with E-state index >= 15 is 0 Å². The van der Waals surface area contributed by atoms with Gasteiger partial charge < -0.3 is 20.4 Å². The number of aryl methyl sites for hydroxylation is 1. The third-order valence-electron chi connectivity index (χ3n) is 6.56. The van der Waals surface area contributed by atoms with Gasteiger partial charge in [0.25, 0.3) is 5.91 Å². The molecule has 2 aliphatic rings. The molecule has 2 aromatic rings. The first-order valence-electron chi connectivity index (χ1n) is 12.1. The molecule has 35 heavy (non-hydrogen) atoms. The van der Waals surface area contributed by atoms with Crippen LogP contribution in [0.2, 0.25) is 5.02 Å². The molecule has 2 N–H and O–H groups in total. The van der Waals surface area contributed by atoms with E-state index in [0.717, 1.165) is 37.1 Å². The van der Waals surface area contributed by atoms with Crippen LogP contribution in [0.3, 0.4) is 0 Å². The molecule has 1 unspecified atom stereocenters. The number of urea groups is 1. The lowest BCUT2D eigenvalue weighted by atomic mass is 9.91. The zero-order chi connectivity index (χ0) is 24.6. The van der Waals surface area contributed by atoms with Gasteiger partial charge in [-0.1, -0.05) is 59.1 Å². The monoisotopic (exact) mass is 498 g/mol. The summed E-state index contributed by atoms with van der Waals surface area (Å²) in [5.74, 6) is -0.0498. The molecule has 2 fully saturated rings. The molecule has 186 valence electrons. The van der Waals surface area contributed by atoms with Crippen LogP contribution >= 0.6 is 11.6 Å². The highest BCUT2D eigenvalue weighted by atomic mass is 35.5. The Morgan fingerprint density at radius 2 is 1.69 bits per heavy atom. The smallest absolute Gasteiger partial charge is 0.322 e. The Balaban J connectivity index is 1.16. The molecule has 0 saturated carbocycles. The van der Waals surface area contributed by atoms with Gasteiger partial charge in [0.2, 0.25) is 0 Å². The lowest BCUT2D eigenvalue weighted by Gasteiger charge is -2.31. The highest BCUT2D eigenvalue weighted by Crippen LogP contribution is 2.24. The lowest BCUT2D eigenvalue weighted by molar-refractivity contribution is -0.151. The maximum Gasteiger partial charge on any atom is 0.434 e. The average Bonchev–Trinajstić information content (AvgIpc) is 3.14. The fraction of sp³-hybridized carbons (Fsp3) is 0.423. The SMILES string of the molecule is O=C(ON1C(=O)NC(CNCCc2ccccc2)C1=O)N1CCC(CCc2ccc(Cl)cc2)CC1. The third-order valence-corrected chi connectivity index (χ3v) is 6.81. The molecular formula is C26H31ClN4O4. The van der Waals surface area contributed by atoms with E-state index < -0.39 is 24.1 Å². The number of hydrogen-bond acceptors (Lipinski definition) is 5. The first-order valence-corrected chi connectivity index (χ1v) is 12.5. The molecule has 2 aliphatic heterocycles. The van der Waals surface area contributed by atoms with Crippen molar-refractivity contribution in [3.8, 4) is 0 Å². The molecule has 1 atom stereocenters. The van der Waals surface area contributed by atoms with Crippen LogP contribution in [0, 0.1) is 5.92 Å². The lowest BCUT2D eigenvalue weighted by Crippen LogP contribution is -2.44. The third kappa shape index (κ3) is 6.96. The van der Waals surface area contributed by atoms with Crippen molar-refractivity contribution >= 4 is 29.6 Å². The molecule has 0 aromatic heterocycles. The molecule has 9 heteroatoms. The normalized spacial score (nSPS) is 18.6. The van der Waals surface area contributed by atoms with Crippen LogP contribution in [0.15, 0.2) is 54.6 Å². The zero-order valence-electron chi connectivity index (χ0n) is 19.6. The Bertz CT molecular complexity index is 1010. The Labute approximate surface area is 210 Å². The van der Waals surface area contributed by atoms with Gasteiger partial charge in [0, 0.05) is 24.7 Å². The molecule has 0 spiro atoms. The number of benzene rings is 2. The predicted octanol–water partition coefficient (Wildman–Crippen LogP) is 3.79. The largest absolute Gasteiger partial charge is 0.434 e. The maximum atomic E-state index is 12.6. The van der Waals surface area contributed by atoms with Gasteiger partial charge in [-0.05, 0) is 67.8 Å². The van der Waals surface area contributed by atoms with Crippen molar-refractivity contribution in [1.82, 2.24) is 20.6 Å². The standard InChI is InChI=1S/C26H31ClN4O4/c27-22-10-8-20(9-11-22)6-7-21-13-16-30(17-14-21)26(34)35-31-24(32)23(29-25(31)33)18-28-15-12-19-4-2-1-3-5-19/h1-5,8-11,21,23,28H,6-7,12-18H2,(H,29,33). The molecule has 2 saturated heterocycles. The molecule has 0 radical (unpaired) electrons. The minimum atomic E-state index is -0.760. The number of amides is 4. The second kappa shape index (κ2) is 12.0. The number of hydrogen-bond donors (Lipinski definition) is 2. The first-order chi connectivity index (χ1) is 17.0. The van der Waals surface area contributed by atoms with Crippen LogP contribution in [0.25, 0.3) is 0 Å². The number of likely N-dealkylation sites (tertiary alicyclic amines) is 1. The van der Waals surface area contributed by atoms with Crippen LogP contribution < -0.4 is 10.6 Å². The van der Waals surface area contributed by atoms with Crippen LogP contribution in [-0.2, 0) is 22.5 Å². The van der Waals surface area contributed by atoms with Gasteiger partial charge in [0.1, 0.15) is 6.04 Å². The number of carbonyl (C=O) groups excluding carboxylic acids is 3. The molecular weight excluding hydrogens is 468 g/mol. The molecule has 4 rings (SSSR count). The van der Waals surface area contributed by atoms with Crippen molar-refractivity contribution in [2.24, 2.45) is 5.92 Å². The number of rotatable bonds is 9. The van der Waals surface area contributed by atoms with Crippen molar-refractivity contribution in [3.05, 3.63) is 70.7 Å². The summed E-state index contributed by atoms with van der Waals surface area (Å²) < 4.78 is 0. The number of nitrogens with zero attached hydrogens (tertiary/aromatic N) is 2. The van der Waals surface area contributed by atoms with Crippen molar-refractivity contribution < 1.29 is 19.2 Å². The number of piperidine rings is 1. The molecule has 2 aromatic carbocycles. The van der Waals surface area contributed by atoms with E-state index in [9.17, 15) is 14.4 Å². The van der Waals surface area contributed by atoms with Gasteiger partial charge in [0.05, 0.1) is 0 Å². The summed E-state index contributed by atoms with van der Waals surface area (Å²) >= 11 is 5.94. The highest BCUT2D eigenvalue weighted by molar-refractivity contribution is 6.30. The van der Waals surface area contributed by atoms with Crippen molar-refractivity contribution in [1.29, 1.82) is 0 Å². The quantitative estimate of drug-likeness (QED) is 0.405. The second-order valence-electron chi connectivity index (χ2n) is 9.03. The number of imide groups is 1. The molecule has 0 bridgehead atoms. The van der Waals surface area contributed by atoms with Crippen LogP contribution in [0.1, 0.15) is 30.4 Å². The van der Waals surface area contributed by atoms with E-state index in [-0.39, 0.29) is 6.54 Å². The summed E-state index contributed by atoms with van der Waals surface area (Å²) in [5.41, 5.74) is 2.44. The minimum absolute atomic E-state index is 0.268. The van der Waals surface area contributed by atoms with E-state index in [4.69, 9.17) is 16.4 Å². The summed E-state index contributed by atoms with van der Waals surface area (Å²) in [4.78, 5) is 44.1. The Morgan fingerprint density at radius 1 is 1.00 bits per heavy atom. The number of hydroxylamine groups is 2. The van der Waals surface area contributed by atoms with Crippen molar-refractivity contribution in [3.63, 3.8) is 0 Å². The summed E-state index contributed by atoms with van der Waals surface area (Å²) in [5, 5.41) is 7.04. The van der Waals surface area contributed by atoms with Gasteiger partial charge in [-0.2, -0.15) is 0 Å². The number of halogens is 1. The molecule has 8 nitrogen and oxygen atoms in total. The average molecular weight is 499 g/mol. The fourth-order valence-corrected chi connectivity index (χ4v) is 4.55. The van der Waals surface area contributed by atoms with Gasteiger partial charge in [-0.3, -0.25) is 4.79 Å². The molecule has 4 amide bonds. The van der Waals surface area contributed by atoms with E-state index in [1.165, 1.54) is 11.1 Å². The predicted molar refractivity (Wildman–Crippen MR) is 133 cm³/mol. The van der Waals surface area contributed by atoms with Crippen molar-refractivity contribution in [2.45, 2.75) is 38.1 Å². The number of nitrogens with one attached hydrogen (secondary N) is 2. The van der Waals surface area contributed by atoms with E-state index in [2.05, 4.69) is 10.6 Å². The van der Waals surface area contributed by atoms with Crippen molar-refractivity contribution in [2.75, 3.05) is 26.2 Å². The maximum absolute atomic E-state index is 12.6. The van der Waals surface area contributed by atoms with Gasteiger partial charge in [-0.25, -0.2) is 9.59 Å². The van der Waals surface area contributed by atoms with E-state index in [1.54, 1.807) is 4.90 Å². The Hall–Kier alpha value is -3.10. The molecule has 0 aliphatic carbocycles. The van der Waals surface area contributed by atoms with Crippen LogP contribution in [-0.4, -0.2) is 60.2 Å². The van der Waals surface area contributed by atoms with Gasteiger partial charge in [-0.15, -0.1) is 0 Å². The minimum Gasteiger partial charge on any atom is -0.322 e. The Kier molecular flexibility index (Phi) is 8.60. The first kappa shape index (κ1) is 25.0. The number of carbonyl (C=O) groups is 3. The second-order valence-corrected chi connectivity index (χ2v) is 9.46. The van der Waals surface area contributed by atoms with Crippen LogP contribution in [0.4, 0.5) is 9.59 Å². The fourth-order valence-electron chi connectivity index (χ4n) is 4.42. The zero-order valence-corrected chi connectivity index (χ0v) is 20.4.